The van der Waals surface area contributed by atoms with Gasteiger partial charge in [-0.2, -0.15) is 0 Å². The Morgan fingerprint density at radius 1 is 1.56 bits per heavy atom. The first-order valence-electron chi connectivity index (χ1n) is 4.98. The van der Waals surface area contributed by atoms with Gasteiger partial charge in [0.25, 0.3) is 0 Å². The van der Waals surface area contributed by atoms with Gasteiger partial charge in [0, 0.05) is 11.0 Å². The van der Waals surface area contributed by atoms with E-state index in [-0.39, 0.29) is 18.2 Å². The number of ether oxygens (including phenoxy) is 1. The van der Waals surface area contributed by atoms with E-state index in [0.29, 0.717) is 18.8 Å². The topological polar surface area (TPSA) is 38.3 Å². The van der Waals surface area contributed by atoms with E-state index in [1.54, 1.807) is 13.0 Å². The Bertz CT molecular complexity index is 371. The molecule has 0 amide bonds. The van der Waals surface area contributed by atoms with E-state index in [1.165, 1.54) is 12.1 Å². The van der Waals surface area contributed by atoms with Gasteiger partial charge in [-0.25, -0.2) is 4.39 Å². The predicted molar refractivity (Wildman–Crippen MR) is 63.8 cm³/mol. The van der Waals surface area contributed by atoms with Crippen LogP contribution in [-0.2, 0) is 9.53 Å². The molecule has 0 aromatic heterocycles. The lowest BCUT2D eigenvalue weighted by Gasteiger charge is -2.08. The Kier molecular flexibility index (Phi) is 5.25. The zero-order valence-electron chi connectivity index (χ0n) is 8.93. The molecule has 0 heterocycles. The van der Waals surface area contributed by atoms with Gasteiger partial charge < -0.3 is 10.1 Å². The maximum absolute atomic E-state index is 12.9. The lowest BCUT2D eigenvalue weighted by molar-refractivity contribution is -0.142. The van der Waals surface area contributed by atoms with Crippen molar-refractivity contribution in [1.29, 1.82) is 0 Å². The van der Waals surface area contributed by atoms with Crippen molar-refractivity contribution in [3.8, 4) is 0 Å². The molecular weight excluding hydrogens is 277 g/mol. The van der Waals surface area contributed by atoms with Crippen LogP contribution in [0.25, 0.3) is 0 Å². The van der Waals surface area contributed by atoms with Crippen LogP contribution in [0.2, 0.25) is 0 Å². The first kappa shape index (κ1) is 13.0. The van der Waals surface area contributed by atoms with Crippen molar-refractivity contribution in [2.24, 2.45) is 0 Å². The molecule has 5 heteroatoms. The molecular formula is C11H13BrFNO2. The quantitative estimate of drug-likeness (QED) is 0.847. The number of nitrogens with one attached hydrogen (secondary N) is 1. The summed E-state index contributed by atoms with van der Waals surface area (Å²) in [5.74, 6) is -0.579. The molecule has 0 spiro atoms. The Labute approximate surface area is 102 Å². The van der Waals surface area contributed by atoms with Gasteiger partial charge in [0.05, 0.1) is 18.7 Å². The minimum atomic E-state index is -0.318. The molecule has 88 valence electrons. The normalized spacial score (nSPS) is 9.94. The van der Waals surface area contributed by atoms with Crippen molar-refractivity contribution in [3.63, 3.8) is 0 Å². The summed E-state index contributed by atoms with van der Waals surface area (Å²) in [5, 5.41) is 2.96. The Hall–Kier alpha value is -1.10. The van der Waals surface area contributed by atoms with Crippen LogP contribution >= 0.6 is 15.9 Å². The van der Waals surface area contributed by atoms with Crippen LogP contribution in [0.1, 0.15) is 13.3 Å². The highest BCUT2D eigenvalue weighted by molar-refractivity contribution is 9.10. The molecule has 0 atom stereocenters. The summed E-state index contributed by atoms with van der Waals surface area (Å²) in [4.78, 5) is 11.0. The summed E-state index contributed by atoms with van der Waals surface area (Å²) in [6, 6.07) is 4.35. The van der Waals surface area contributed by atoms with Crippen LogP contribution in [0, 0.1) is 5.82 Å². The molecule has 0 aliphatic heterocycles. The number of carbonyl (C=O) groups is 1. The minimum Gasteiger partial charge on any atom is -0.466 e. The smallest absolute Gasteiger partial charge is 0.307 e. The summed E-state index contributed by atoms with van der Waals surface area (Å²) < 4.78 is 18.4. The maximum atomic E-state index is 12.9. The fourth-order valence-electron chi connectivity index (χ4n) is 1.17. The van der Waals surface area contributed by atoms with Crippen molar-refractivity contribution in [1.82, 2.24) is 0 Å². The van der Waals surface area contributed by atoms with Gasteiger partial charge in [-0.1, -0.05) is 0 Å². The molecule has 16 heavy (non-hydrogen) atoms. The fourth-order valence-corrected chi connectivity index (χ4v) is 1.55. The van der Waals surface area contributed by atoms with Crippen LogP contribution in [0.3, 0.4) is 0 Å². The molecule has 1 aromatic rings. The first-order chi connectivity index (χ1) is 7.63. The van der Waals surface area contributed by atoms with Crippen molar-refractivity contribution < 1.29 is 13.9 Å². The summed E-state index contributed by atoms with van der Waals surface area (Å²) in [6.45, 7) is 2.55. The highest BCUT2D eigenvalue weighted by Crippen LogP contribution is 2.22. The number of anilines is 1. The molecule has 0 saturated heterocycles. The number of hydrogen-bond donors (Lipinski definition) is 1. The van der Waals surface area contributed by atoms with E-state index in [2.05, 4.69) is 21.2 Å². The second-order valence-corrected chi connectivity index (χ2v) is 3.96. The first-order valence-corrected chi connectivity index (χ1v) is 5.77. The highest BCUT2D eigenvalue weighted by atomic mass is 79.9. The average Bonchev–Trinajstić information content (AvgIpc) is 2.23. The largest absolute Gasteiger partial charge is 0.466 e. The molecule has 0 aliphatic rings. The molecule has 0 unspecified atom stereocenters. The fraction of sp³-hybridized carbons (Fsp3) is 0.364. The van der Waals surface area contributed by atoms with E-state index >= 15 is 0 Å². The zero-order valence-corrected chi connectivity index (χ0v) is 10.5. The van der Waals surface area contributed by atoms with Crippen LogP contribution in [0.5, 0.6) is 0 Å². The zero-order chi connectivity index (χ0) is 12.0. The Morgan fingerprint density at radius 2 is 2.31 bits per heavy atom. The number of benzene rings is 1. The SMILES string of the molecule is CCOC(=O)CCNc1cc(F)ccc1Br. The number of hydrogen-bond acceptors (Lipinski definition) is 3. The average molecular weight is 290 g/mol. The summed E-state index contributed by atoms with van der Waals surface area (Å²) in [7, 11) is 0. The molecule has 1 rings (SSSR count). The lowest BCUT2D eigenvalue weighted by atomic mass is 10.3. The molecule has 0 fully saturated rings. The maximum Gasteiger partial charge on any atom is 0.307 e. The van der Waals surface area contributed by atoms with Crippen LogP contribution < -0.4 is 5.32 Å². The number of esters is 1. The van der Waals surface area contributed by atoms with Gasteiger partial charge in [0.2, 0.25) is 0 Å². The lowest BCUT2D eigenvalue weighted by Crippen LogP contribution is -2.11. The van der Waals surface area contributed by atoms with E-state index in [0.717, 1.165) is 4.47 Å². The van der Waals surface area contributed by atoms with Crippen molar-refractivity contribution >= 4 is 27.6 Å². The Balaban J connectivity index is 2.42. The monoisotopic (exact) mass is 289 g/mol. The summed E-state index contributed by atoms with van der Waals surface area (Å²) in [5.41, 5.74) is 0.629. The highest BCUT2D eigenvalue weighted by Gasteiger charge is 2.04. The van der Waals surface area contributed by atoms with Gasteiger partial charge in [0.15, 0.2) is 0 Å². The number of rotatable bonds is 5. The van der Waals surface area contributed by atoms with Crippen LogP contribution in [0.4, 0.5) is 10.1 Å². The van der Waals surface area contributed by atoms with Gasteiger partial charge >= 0.3 is 5.97 Å². The molecule has 0 bridgehead atoms. The van der Waals surface area contributed by atoms with Gasteiger partial charge in [0.1, 0.15) is 5.82 Å². The van der Waals surface area contributed by atoms with E-state index < -0.39 is 0 Å². The van der Waals surface area contributed by atoms with Crippen molar-refractivity contribution in [2.75, 3.05) is 18.5 Å². The molecule has 1 aromatic carbocycles. The minimum absolute atomic E-state index is 0.261. The van der Waals surface area contributed by atoms with Crippen molar-refractivity contribution in [2.45, 2.75) is 13.3 Å². The second kappa shape index (κ2) is 6.48. The number of halogens is 2. The molecule has 1 N–H and O–H groups in total. The third kappa shape index (κ3) is 4.18. The van der Waals surface area contributed by atoms with Crippen LogP contribution in [0.15, 0.2) is 22.7 Å². The standard InChI is InChI=1S/C11H13BrFNO2/c1-2-16-11(15)5-6-14-10-7-8(13)3-4-9(10)12/h3-4,7,14H,2,5-6H2,1H3. The second-order valence-electron chi connectivity index (χ2n) is 3.11. The summed E-state index contributed by atoms with van der Waals surface area (Å²) >= 11 is 3.28. The van der Waals surface area contributed by atoms with Crippen LogP contribution in [-0.4, -0.2) is 19.1 Å². The van der Waals surface area contributed by atoms with Crippen molar-refractivity contribution in [3.05, 3.63) is 28.5 Å². The van der Waals surface area contributed by atoms with E-state index in [1.807, 2.05) is 0 Å². The molecule has 0 saturated carbocycles. The number of carbonyl (C=O) groups excluding carboxylic acids is 1. The molecule has 0 aliphatic carbocycles. The third-order valence-corrected chi connectivity index (χ3v) is 2.57. The van der Waals surface area contributed by atoms with E-state index in [4.69, 9.17) is 4.74 Å². The summed E-state index contributed by atoms with van der Waals surface area (Å²) in [6.07, 6.45) is 0.261. The van der Waals surface area contributed by atoms with Gasteiger partial charge in [-0.05, 0) is 41.1 Å². The van der Waals surface area contributed by atoms with E-state index in [9.17, 15) is 9.18 Å². The predicted octanol–water partition coefficient (Wildman–Crippen LogP) is 2.95. The molecule has 3 nitrogen and oxygen atoms in total. The molecule has 0 radical (unpaired) electrons. The van der Waals surface area contributed by atoms with Gasteiger partial charge in [-0.15, -0.1) is 0 Å². The Morgan fingerprint density at radius 3 is 3.00 bits per heavy atom. The van der Waals surface area contributed by atoms with Gasteiger partial charge in [-0.3, -0.25) is 4.79 Å². The third-order valence-electron chi connectivity index (χ3n) is 1.88.